The largest absolute Gasteiger partial charge is 0.302 e. The topological polar surface area (TPSA) is 3.24 Å². The molecule has 17 heavy (non-hydrogen) atoms. The maximum atomic E-state index is 2.48. The summed E-state index contributed by atoms with van der Waals surface area (Å²) in [5.41, 5.74) is 4.73. The zero-order chi connectivity index (χ0) is 11.7. The van der Waals surface area contributed by atoms with Gasteiger partial charge >= 0.3 is 0 Å². The van der Waals surface area contributed by atoms with Crippen molar-refractivity contribution < 1.29 is 0 Å². The Morgan fingerprint density at radius 1 is 1.18 bits per heavy atom. The SMILES string of the molecule is CN1CCc2ccc(CC3CCCC3)cc2C1. The molecule has 1 aromatic carbocycles. The quantitative estimate of drug-likeness (QED) is 0.751. The van der Waals surface area contributed by atoms with Gasteiger partial charge in [0.1, 0.15) is 0 Å². The molecule has 0 saturated heterocycles. The Kier molecular flexibility index (Phi) is 3.19. The molecule has 0 radical (unpaired) electrons. The van der Waals surface area contributed by atoms with E-state index in [1.165, 1.54) is 45.1 Å². The van der Waals surface area contributed by atoms with Crippen LogP contribution in [-0.4, -0.2) is 18.5 Å². The maximum Gasteiger partial charge on any atom is 0.0233 e. The van der Waals surface area contributed by atoms with Crippen LogP contribution in [0.2, 0.25) is 0 Å². The molecule has 0 spiro atoms. The number of nitrogens with zero attached hydrogens (tertiary/aromatic N) is 1. The standard InChI is InChI=1S/C16H23N/c1-17-9-8-15-7-6-14(11-16(15)12-17)10-13-4-2-3-5-13/h6-7,11,13H,2-5,8-10,12H2,1H3. The Hall–Kier alpha value is -0.820. The minimum absolute atomic E-state index is 0.967. The van der Waals surface area contributed by atoms with Crippen molar-refractivity contribution in [1.29, 1.82) is 0 Å². The fourth-order valence-corrected chi connectivity index (χ4v) is 3.43. The summed E-state index contributed by atoms with van der Waals surface area (Å²) in [5.74, 6) is 0.967. The molecule has 1 nitrogen and oxygen atoms in total. The zero-order valence-corrected chi connectivity index (χ0v) is 10.9. The molecular weight excluding hydrogens is 206 g/mol. The van der Waals surface area contributed by atoms with Gasteiger partial charge in [-0.15, -0.1) is 0 Å². The predicted molar refractivity (Wildman–Crippen MR) is 72.1 cm³/mol. The molecule has 1 saturated carbocycles. The second kappa shape index (κ2) is 4.81. The van der Waals surface area contributed by atoms with Gasteiger partial charge in [-0.25, -0.2) is 0 Å². The fourth-order valence-electron chi connectivity index (χ4n) is 3.43. The summed E-state index contributed by atoms with van der Waals surface area (Å²) < 4.78 is 0. The molecule has 1 aliphatic heterocycles. The average molecular weight is 229 g/mol. The van der Waals surface area contributed by atoms with Crippen molar-refractivity contribution in [3.63, 3.8) is 0 Å². The van der Waals surface area contributed by atoms with Gasteiger partial charge in [0.2, 0.25) is 0 Å². The van der Waals surface area contributed by atoms with E-state index in [0.29, 0.717) is 0 Å². The summed E-state index contributed by atoms with van der Waals surface area (Å²) in [6.45, 7) is 2.36. The number of hydrogen-bond donors (Lipinski definition) is 0. The van der Waals surface area contributed by atoms with Gasteiger partial charge in [-0.2, -0.15) is 0 Å². The van der Waals surface area contributed by atoms with Crippen molar-refractivity contribution in [3.05, 3.63) is 34.9 Å². The molecule has 3 rings (SSSR count). The molecule has 1 aliphatic carbocycles. The number of rotatable bonds is 2. The zero-order valence-electron chi connectivity index (χ0n) is 10.9. The summed E-state index contributed by atoms with van der Waals surface area (Å²) >= 11 is 0. The van der Waals surface area contributed by atoms with Crippen molar-refractivity contribution in [2.45, 2.75) is 45.1 Å². The second-order valence-electron chi connectivity index (χ2n) is 5.95. The van der Waals surface area contributed by atoms with E-state index >= 15 is 0 Å². The predicted octanol–water partition coefficient (Wildman–Crippen LogP) is 3.41. The number of hydrogen-bond acceptors (Lipinski definition) is 1. The Balaban J connectivity index is 1.75. The minimum Gasteiger partial charge on any atom is -0.302 e. The summed E-state index contributed by atoms with van der Waals surface area (Å²) in [5, 5.41) is 0. The second-order valence-corrected chi connectivity index (χ2v) is 5.95. The molecule has 1 fully saturated rings. The molecule has 0 amide bonds. The van der Waals surface area contributed by atoms with Crippen LogP contribution in [0.1, 0.15) is 42.4 Å². The van der Waals surface area contributed by atoms with Crippen molar-refractivity contribution in [2.24, 2.45) is 5.92 Å². The van der Waals surface area contributed by atoms with Crippen molar-refractivity contribution in [3.8, 4) is 0 Å². The van der Waals surface area contributed by atoms with Crippen LogP contribution in [0.5, 0.6) is 0 Å². The molecule has 0 atom stereocenters. The van der Waals surface area contributed by atoms with E-state index in [9.17, 15) is 0 Å². The number of likely N-dealkylation sites (N-methyl/N-ethyl adjacent to an activating group) is 1. The molecule has 0 N–H and O–H groups in total. The summed E-state index contributed by atoms with van der Waals surface area (Å²) in [7, 11) is 2.23. The maximum absolute atomic E-state index is 2.48. The highest BCUT2D eigenvalue weighted by Crippen LogP contribution is 2.29. The first-order valence-corrected chi connectivity index (χ1v) is 7.10. The third-order valence-corrected chi connectivity index (χ3v) is 4.47. The average Bonchev–Trinajstić information content (AvgIpc) is 2.81. The van der Waals surface area contributed by atoms with Gasteiger partial charge in [-0.05, 0) is 42.5 Å². The van der Waals surface area contributed by atoms with Crippen LogP contribution >= 0.6 is 0 Å². The third-order valence-electron chi connectivity index (χ3n) is 4.47. The van der Waals surface area contributed by atoms with E-state index < -0.39 is 0 Å². The molecular formula is C16H23N. The van der Waals surface area contributed by atoms with Gasteiger partial charge < -0.3 is 4.90 Å². The molecule has 1 heteroatoms. The molecule has 0 unspecified atom stereocenters. The lowest BCUT2D eigenvalue weighted by Crippen LogP contribution is -2.26. The van der Waals surface area contributed by atoms with Gasteiger partial charge in [0, 0.05) is 13.1 Å². The van der Waals surface area contributed by atoms with Gasteiger partial charge in [0.15, 0.2) is 0 Å². The molecule has 92 valence electrons. The van der Waals surface area contributed by atoms with Crippen molar-refractivity contribution in [2.75, 3.05) is 13.6 Å². The highest BCUT2D eigenvalue weighted by molar-refractivity contribution is 5.34. The minimum atomic E-state index is 0.967. The van der Waals surface area contributed by atoms with E-state index in [-0.39, 0.29) is 0 Å². The monoisotopic (exact) mass is 229 g/mol. The van der Waals surface area contributed by atoms with E-state index in [1.54, 1.807) is 16.7 Å². The highest BCUT2D eigenvalue weighted by Gasteiger charge is 2.17. The van der Waals surface area contributed by atoms with Crippen molar-refractivity contribution in [1.82, 2.24) is 4.90 Å². The first-order chi connectivity index (χ1) is 8.31. The smallest absolute Gasteiger partial charge is 0.0233 e. The Morgan fingerprint density at radius 3 is 2.82 bits per heavy atom. The highest BCUT2D eigenvalue weighted by atomic mass is 15.1. The summed E-state index contributed by atoms with van der Waals surface area (Å²) in [4.78, 5) is 2.43. The van der Waals surface area contributed by atoms with Gasteiger partial charge in [-0.1, -0.05) is 43.9 Å². The van der Waals surface area contributed by atoms with E-state index in [4.69, 9.17) is 0 Å². The van der Waals surface area contributed by atoms with Crippen LogP contribution in [0.15, 0.2) is 18.2 Å². The molecule has 0 aromatic heterocycles. The Morgan fingerprint density at radius 2 is 2.00 bits per heavy atom. The Bertz CT molecular complexity index is 391. The number of fused-ring (bicyclic) bond motifs is 1. The van der Waals surface area contributed by atoms with E-state index in [2.05, 4.69) is 30.1 Å². The lowest BCUT2D eigenvalue weighted by Gasteiger charge is -2.25. The first kappa shape index (κ1) is 11.3. The van der Waals surface area contributed by atoms with Crippen LogP contribution in [0, 0.1) is 5.92 Å². The molecule has 1 heterocycles. The van der Waals surface area contributed by atoms with Crippen LogP contribution in [0.25, 0.3) is 0 Å². The fraction of sp³-hybridized carbons (Fsp3) is 0.625. The van der Waals surface area contributed by atoms with Crippen LogP contribution in [0.3, 0.4) is 0 Å². The van der Waals surface area contributed by atoms with Gasteiger partial charge in [0.25, 0.3) is 0 Å². The molecule has 2 aliphatic rings. The summed E-state index contributed by atoms with van der Waals surface area (Å²) in [6, 6.07) is 7.23. The normalized spacial score (nSPS) is 21.7. The van der Waals surface area contributed by atoms with Gasteiger partial charge in [-0.3, -0.25) is 0 Å². The third kappa shape index (κ3) is 2.55. The van der Waals surface area contributed by atoms with E-state index in [1.807, 2.05) is 0 Å². The van der Waals surface area contributed by atoms with E-state index in [0.717, 1.165) is 12.5 Å². The summed E-state index contributed by atoms with van der Waals surface area (Å²) in [6.07, 6.45) is 8.37. The van der Waals surface area contributed by atoms with Crippen LogP contribution < -0.4 is 0 Å². The first-order valence-electron chi connectivity index (χ1n) is 7.10. The molecule has 0 bridgehead atoms. The lowest BCUT2D eigenvalue weighted by molar-refractivity contribution is 0.312. The number of benzene rings is 1. The molecule has 1 aromatic rings. The van der Waals surface area contributed by atoms with Crippen molar-refractivity contribution >= 4 is 0 Å². The van der Waals surface area contributed by atoms with Crippen LogP contribution in [-0.2, 0) is 19.4 Å². The lowest BCUT2D eigenvalue weighted by atomic mass is 9.92. The van der Waals surface area contributed by atoms with Crippen LogP contribution in [0.4, 0.5) is 0 Å². The Labute approximate surface area is 105 Å². The van der Waals surface area contributed by atoms with Gasteiger partial charge in [0.05, 0.1) is 0 Å².